The monoisotopic (exact) mass is 375 g/mol. The molecule has 0 atom stereocenters. The number of carbonyl (C=O) groups is 2. The molecule has 0 amide bonds. The molecule has 142 valence electrons. The van der Waals surface area contributed by atoms with Gasteiger partial charge in [-0.1, -0.05) is 6.08 Å². The minimum atomic E-state index is -0.765. The highest BCUT2D eigenvalue weighted by atomic mass is 19.1. The molecular weight excluding hydrogens is 357 g/mol. The maximum atomic E-state index is 14.5. The van der Waals surface area contributed by atoms with Gasteiger partial charge in [0, 0.05) is 18.0 Å². The summed E-state index contributed by atoms with van der Waals surface area (Å²) in [5.41, 5.74) is 0.211. The zero-order chi connectivity index (χ0) is 19.4. The van der Waals surface area contributed by atoms with E-state index in [-0.39, 0.29) is 23.1 Å². The highest BCUT2D eigenvalue weighted by Gasteiger charge is 2.28. The minimum Gasteiger partial charge on any atom is -0.483 e. The molecule has 2 aliphatic heterocycles. The van der Waals surface area contributed by atoms with Crippen LogP contribution in [0.1, 0.15) is 0 Å². The van der Waals surface area contributed by atoms with E-state index in [4.69, 9.17) is 18.9 Å². The summed E-state index contributed by atoms with van der Waals surface area (Å²) in [4.78, 5) is 25.8. The standard InChI is InChI=1S/C19H18FNO6/c1-24-18(22)14-5-3-4-8-21(17(14)19(23)25-2)12-6-7-16(15(20)9-12)27-13-10-26-11-13/h3-9,13H,10-11H2,1-2H3. The van der Waals surface area contributed by atoms with Gasteiger partial charge in [0.1, 0.15) is 11.8 Å². The fourth-order valence-electron chi connectivity index (χ4n) is 2.56. The van der Waals surface area contributed by atoms with Gasteiger partial charge in [0.25, 0.3) is 0 Å². The van der Waals surface area contributed by atoms with E-state index in [2.05, 4.69) is 0 Å². The van der Waals surface area contributed by atoms with Crippen LogP contribution < -0.4 is 9.64 Å². The summed E-state index contributed by atoms with van der Waals surface area (Å²) in [6.45, 7) is 0.832. The predicted molar refractivity (Wildman–Crippen MR) is 93.5 cm³/mol. The molecule has 1 saturated heterocycles. The lowest BCUT2D eigenvalue weighted by atomic mass is 10.1. The first-order valence-electron chi connectivity index (χ1n) is 8.14. The van der Waals surface area contributed by atoms with Crippen molar-refractivity contribution in [1.82, 2.24) is 0 Å². The molecule has 0 spiro atoms. The molecule has 1 aromatic carbocycles. The van der Waals surface area contributed by atoms with Gasteiger partial charge in [-0.2, -0.15) is 0 Å². The van der Waals surface area contributed by atoms with E-state index in [1.165, 1.54) is 43.5 Å². The van der Waals surface area contributed by atoms with Crippen LogP contribution in [0.15, 0.2) is 53.9 Å². The quantitative estimate of drug-likeness (QED) is 0.730. The smallest absolute Gasteiger partial charge is 0.355 e. The molecule has 2 heterocycles. The van der Waals surface area contributed by atoms with Crippen LogP contribution in [0.2, 0.25) is 0 Å². The van der Waals surface area contributed by atoms with E-state index in [1.54, 1.807) is 18.2 Å². The zero-order valence-corrected chi connectivity index (χ0v) is 14.8. The van der Waals surface area contributed by atoms with E-state index in [0.29, 0.717) is 18.9 Å². The molecule has 27 heavy (non-hydrogen) atoms. The summed E-state index contributed by atoms with van der Waals surface area (Å²) >= 11 is 0. The second kappa shape index (κ2) is 8.05. The third kappa shape index (κ3) is 3.85. The van der Waals surface area contributed by atoms with E-state index in [0.717, 1.165) is 0 Å². The number of esters is 2. The number of hydrogen-bond acceptors (Lipinski definition) is 7. The Labute approximate surface area is 155 Å². The van der Waals surface area contributed by atoms with Crippen molar-refractivity contribution in [3.63, 3.8) is 0 Å². The maximum absolute atomic E-state index is 14.5. The van der Waals surface area contributed by atoms with Crippen molar-refractivity contribution in [2.45, 2.75) is 6.10 Å². The second-order valence-electron chi connectivity index (χ2n) is 5.71. The second-order valence-corrected chi connectivity index (χ2v) is 5.71. The van der Waals surface area contributed by atoms with Crippen molar-refractivity contribution in [2.24, 2.45) is 0 Å². The Kier molecular flexibility index (Phi) is 5.56. The van der Waals surface area contributed by atoms with E-state index >= 15 is 0 Å². The molecule has 0 radical (unpaired) electrons. The molecule has 0 unspecified atom stereocenters. The molecule has 0 saturated carbocycles. The molecule has 0 aromatic heterocycles. The molecule has 3 rings (SSSR count). The van der Waals surface area contributed by atoms with Crippen molar-refractivity contribution in [3.8, 4) is 5.75 Å². The summed E-state index contributed by atoms with van der Waals surface area (Å²) in [7, 11) is 2.40. The van der Waals surface area contributed by atoms with Crippen molar-refractivity contribution >= 4 is 17.6 Å². The maximum Gasteiger partial charge on any atom is 0.355 e. The van der Waals surface area contributed by atoms with Gasteiger partial charge >= 0.3 is 11.9 Å². The highest BCUT2D eigenvalue weighted by Crippen LogP contribution is 2.30. The third-order valence-electron chi connectivity index (χ3n) is 3.98. The number of nitrogens with zero attached hydrogens (tertiary/aromatic N) is 1. The SMILES string of the molecule is COC(=O)C1=C(C(=O)OC)N(c2ccc(OC3COC3)c(F)c2)C=CC=C1. The summed E-state index contributed by atoms with van der Waals surface area (Å²) in [5.74, 6) is -2.00. The Morgan fingerprint density at radius 2 is 1.89 bits per heavy atom. The number of hydrogen-bond donors (Lipinski definition) is 0. The van der Waals surface area contributed by atoms with E-state index in [9.17, 15) is 14.0 Å². The van der Waals surface area contributed by atoms with Gasteiger partial charge in [-0.05, 0) is 24.3 Å². The van der Waals surface area contributed by atoms with Gasteiger partial charge < -0.3 is 23.8 Å². The number of methoxy groups -OCH3 is 2. The lowest BCUT2D eigenvalue weighted by Crippen LogP contribution is -2.38. The van der Waals surface area contributed by atoms with Gasteiger partial charge in [0.2, 0.25) is 0 Å². The number of carbonyl (C=O) groups excluding carboxylic acids is 2. The summed E-state index contributed by atoms with van der Waals surface area (Å²) in [5, 5.41) is 0. The number of rotatable bonds is 5. The van der Waals surface area contributed by atoms with Crippen molar-refractivity contribution in [3.05, 3.63) is 59.7 Å². The number of ether oxygens (including phenoxy) is 4. The van der Waals surface area contributed by atoms with Crippen molar-refractivity contribution in [2.75, 3.05) is 32.3 Å². The molecule has 8 heteroatoms. The van der Waals surface area contributed by atoms with Crippen LogP contribution >= 0.6 is 0 Å². The van der Waals surface area contributed by atoms with Crippen molar-refractivity contribution in [1.29, 1.82) is 0 Å². The zero-order valence-electron chi connectivity index (χ0n) is 14.8. The van der Waals surface area contributed by atoms with Gasteiger partial charge in [-0.3, -0.25) is 0 Å². The molecule has 0 aliphatic carbocycles. The normalized spacial score (nSPS) is 16.6. The fraction of sp³-hybridized carbons (Fsp3) is 0.263. The average molecular weight is 375 g/mol. The van der Waals surface area contributed by atoms with Gasteiger partial charge in [-0.25, -0.2) is 14.0 Å². The molecule has 2 aliphatic rings. The summed E-state index contributed by atoms with van der Waals surface area (Å²) < 4.78 is 34.5. The Morgan fingerprint density at radius 3 is 2.48 bits per heavy atom. The first-order valence-corrected chi connectivity index (χ1v) is 8.14. The average Bonchev–Trinajstić information content (AvgIpc) is 2.87. The van der Waals surface area contributed by atoms with Crippen molar-refractivity contribution < 1.29 is 32.9 Å². The Hall–Kier alpha value is -3.13. The fourth-order valence-corrected chi connectivity index (χ4v) is 2.56. The summed E-state index contributed by atoms with van der Waals surface area (Å²) in [6, 6.07) is 4.25. The lowest BCUT2D eigenvalue weighted by Gasteiger charge is -2.27. The van der Waals surface area contributed by atoms with Gasteiger partial charge in [-0.15, -0.1) is 0 Å². The van der Waals surface area contributed by atoms with Gasteiger partial charge in [0.15, 0.2) is 11.6 Å². The van der Waals surface area contributed by atoms with Crippen LogP contribution in [0.3, 0.4) is 0 Å². The van der Waals surface area contributed by atoms with Crippen LogP contribution in [0.5, 0.6) is 5.75 Å². The number of anilines is 1. The number of benzene rings is 1. The first-order chi connectivity index (χ1) is 13.0. The first kappa shape index (κ1) is 18.7. The molecular formula is C19H18FNO6. The third-order valence-corrected chi connectivity index (χ3v) is 3.98. The molecule has 0 bridgehead atoms. The Bertz CT molecular complexity index is 841. The van der Waals surface area contributed by atoms with Crippen LogP contribution in [0, 0.1) is 5.82 Å². The molecule has 1 aromatic rings. The minimum absolute atomic E-state index is 0.0123. The van der Waals surface area contributed by atoms with Crippen LogP contribution in [-0.4, -0.2) is 45.5 Å². The number of halogens is 1. The Morgan fingerprint density at radius 1 is 1.15 bits per heavy atom. The lowest BCUT2D eigenvalue weighted by molar-refractivity contribution is -0.139. The highest BCUT2D eigenvalue weighted by molar-refractivity contribution is 6.05. The molecule has 1 fully saturated rings. The van der Waals surface area contributed by atoms with Gasteiger partial charge in [0.05, 0.1) is 33.0 Å². The van der Waals surface area contributed by atoms with Crippen LogP contribution in [0.25, 0.3) is 0 Å². The van der Waals surface area contributed by atoms with E-state index < -0.39 is 17.8 Å². The summed E-state index contributed by atoms with van der Waals surface area (Å²) in [6.07, 6.45) is 5.95. The topological polar surface area (TPSA) is 74.3 Å². The van der Waals surface area contributed by atoms with Crippen LogP contribution in [0.4, 0.5) is 10.1 Å². The molecule has 7 nitrogen and oxygen atoms in total. The Balaban J connectivity index is 2.00. The number of allylic oxidation sites excluding steroid dienone is 2. The van der Waals surface area contributed by atoms with Crippen LogP contribution in [-0.2, 0) is 23.8 Å². The predicted octanol–water partition coefficient (Wildman–Crippen LogP) is 2.09. The van der Waals surface area contributed by atoms with E-state index in [1.807, 2.05) is 0 Å². The molecule has 0 N–H and O–H groups in total. The largest absolute Gasteiger partial charge is 0.483 e.